The average molecular weight is 376 g/mol. The Kier molecular flexibility index (Phi) is 9.20. The summed E-state index contributed by atoms with van der Waals surface area (Å²) in [6, 6.07) is 0.200. The monoisotopic (exact) mass is 375 g/mol. The minimum Gasteiger partial charge on any atom is -0.357 e. The van der Waals surface area contributed by atoms with Gasteiger partial charge in [0.05, 0.1) is 12.3 Å². The molecule has 0 aromatic rings. The van der Waals surface area contributed by atoms with Crippen LogP contribution in [0.5, 0.6) is 0 Å². The molecule has 0 atom stereocenters. The summed E-state index contributed by atoms with van der Waals surface area (Å²) in [6.45, 7) is 10.2. The molecule has 25 heavy (non-hydrogen) atoms. The van der Waals surface area contributed by atoms with Crippen LogP contribution in [0.3, 0.4) is 0 Å². The zero-order valence-corrected chi connectivity index (χ0v) is 16.7. The third-order valence-electron chi connectivity index (χ3n) is 4.10. The van der Waals surface area contributed by atoms with Gasteiger partial charge in [0.1, 0.15) is 0 Å². The van der Waals surface area contributed by atoms with E-state index in [0.717, 1.165) is 19.4 Å². The maximum Gasteiger partial charge on any atom is 0.222 e. The lowest BCUT2D eigenvalue weighted by Gasteiger charge is -2.32. The minimum absolute atomic E-state index is 0.0256. The van der Waals surface area contributed by atoms with Gasteiger partial charge in [-0.3, -0.25) is 9.79 Å². The van der Waals surface area contributed by atoms with Crippen LogP contribution in [0.2, 0.25) is 0 Å². The average Bonchev–Trinajstić information content (AvgIpc) is 2.59. The van der Waals surface area contributed by atoms with Crippen molar-refractivity contribution in [2.24, 2.45) is 10.9 Å². The lowest BCUT2D eigenvalue weighted by molar-refractivity contribution is -0.123. The number of sulfonamides is 1. The Labute approximate surface area is 151 Å². The van der Waals surface area contributed by atoms with E-state index in [1.165, 1.54) is 0 Å². The van der Waals surface area contributed by atoms with Crippen LogP contribution in [0.1, 0.15) is 40.5 Å². The summed E-state index contributed by atoms with van der Waals surface area (Å²) in [5.41, 5.74) is 0. The van der Waals surface area contributed by atoms with Gasteiger partial charge in [0.15, 0.2) is 5.96 Å². The molecule has 8 nitrogen and oxygen atoms in total. The summed E-state index contributed by atoms with van der Waals surface area (Å²) < 4.78 is 25.4. The lowest BCUT2D eigenvalue weighted by atomic mass is 10.1. The van der Waals surface area contributed by atoms with Crippen molar-refractivity contribution >= 4 is 21.9 Å². The first-order valence-corrected chi connectivity index (χ1v) is 10.7. The zero-order valence-electron chi connectivity index (χ0n) is 15.8. The Balaban J connectivity index is 2.45. The normalized spacial score (nSPS) is 17.6. The second kappa shape index (κ2) is 10.6. The number of aliphatic imine (C=N–C) groups is 1. The third kappa shape index (κ3) is 7.60. The molecular formula is C16H33N5O3S. The molecule has 1 saturated heterocycles. The fourth-order valence-corrected chi connectivity index (χ4v) is 3.66. The van der Waals surface area contributed by atoms with Crippen molar-refractivity contribution in [1.29, 1.82) is 0 Å². The highest BCUT2D eigenvalue weighted by Crippen LogP contribution is 2.14. The van der Waals surface area contributed by atoms with E-state index < -0.39 is 10.0 Å². The van der Waals surface area contributed by atoms with Gasteiger partial charge in [0, 0.05) is 38.1 Å². The van der Waals surface area contributed by atoms with Gasteiger partial charge in [-0.25, -0.2) is 12.7 Å². The van der Waals surface area contributed by atoms with Crippen molar-refractivity contribution in [3.05, 3.63) is 0 Å². The molecule has 1 heterocycles. The molecule has 0 aliphatic carbocycles. The first-order chi connectivity index (χ1) is 11.8. The molecule has 1 aliphatic rings. The minimum atomic E-state index is -3.10. The standard InChI is InChI=1S/C16H33N5O3S/c1-5-17-16(19-10-9-18-15(22)13(3)4)20-14-7-11-21(12-8-14)25(23,24)6-2/h13-14H,5-12H2,1-4H3,(H,18,22)(H2,17,19,20). The summed E-state index contributed by atoms with van der Waals surface area (Å²) in [5.74, 6) is 0.854. The molecule has 0 spiro atoms. The first-order valence-electron chi connectivity index (χ1n) is 9.10. The van der Waals surface area contributed by atoms with Crippen molar-refractivity contribution in [3.8, 4) is 0 Å². The van der Waals surface area contributed by atoms with E-state index in [9.17, 15) is 13.2 Å². The number of amides is 1. The van der Waals surface area contributed by atoms with Crippen LogP contribution in [0, 0.1) is 5.92 Å². The Morgan fingerprint density at radius 3 is 2.36 bits per heavy atom. The molecule has 1 aliphatic heterocycles. The Morgan fingerprint density at radius 2 is 1.84 bits per heavy atom. The summed E-state index contributed by atoms with van der Waals surface area (Å²) in [7, 11) is -3.10. The van der Waals surface area contributed by atoms with Crippen LogP contribution < -0.4 is 16.0 Å². The van der Waals surface area contributed by atoms with Gasteiger partial charge < -0.3 is 16.0 Å². The highest BCUT2D eigenvalue weighted by Gasteiger charge is 2.26. The Hall–Kier alpha value is -1.35. The molecule has 146 valence electrons. The number of rotatable bonds is 8. The topological polar surface area (TPSA) is 103 Å². The van der Waals surface area contributed by atoms with E-state index >= 15 is 0 Å². The molecule has 0 unspecified atom stereocenters. The molecule has 0 aromatic heterocycles. The van der Waals surface area contributed by atoms with Gasteiger partial charge >= 0.3 is 0 Å². The molecule has 3 N–H and O–H groups in total. The SMILES string of the molecule is CCNC(=NCCNC(=O)C(C)C)NC1CCN(S(=O)(=O)CC)CC1. The smallest absolute Gasteiger partial charge is 0.222 e. The van der Waals surface area contributed by atoms with E-state index in [4.69, 9.17) is 0 Å². The van der Waals surface area contributed by atoms with Gasteiger partial charge in [0.25, 0.3) is 0 Å². The summed E-state index contributed by atoms with van der Waals surface area (Å²) in [6.07, 6.45) is 1.52. The predicted octanol–water partition coefficient (Wildman–Crippen LogP) is 0.128. The number of carbonyl (C=O) groups excluding carboxylic acids is 1. The number of carbonyl (C=O) groups is 1. The van der Waals surface area contributed by atoms with E-state index in [2.05, 4.69) is 20.9 Å². The lowest BCUT2D eigenvalue weighted by Crippen LogP contribution is -2.50. The van der Waals surface area contributed by atoms with Crippen LogP contribution in [-0.2, 0) is 14.8 Å². The number of nitrogens with zero attached hydrogens (tertiary/aromatic N) is 2. The Morgan fingerprint density at radius 1 is 1.20 bits per heavy atom. The van der Waals surface area contributed by atoms with Crippen LogP contribution in [0.15, 0.2) is 4.99 Å². The quantitative estimate of drug-likeness (QED) is 0.318. The van der Waals surface area contributed by atoms with Gasteiger partial charge in [-0.2, -0.15) is 0 Å². The van der Waals surface area contributed by atoms with Crippen LogP contribution in [-0.4, -0.2) is 69.1 Å². The van der Waals surface area contributed by atoms with E-state index in [1.807, 2.05) is 20.8 Å². The number of hydrogen-bond donors (Lipinski definition) is 3. The molecule has 0 saturated carbocycles. The predicted molar refractivity (Wildman–Crippen MR) is 101 cm³/mol. The number of nitrogens with one attached hydrogen (secondary N) is 3. The number of hydrogen-bond acceptors (Lipinski definition) is 4. The fraction of sp³-hybridized carbons (Fsp3) is 0.875. The van der Waals surface area contributed by atoms with E-state index in [1.54, 1.807) is 11.2 Å². The van der Waals surface area contributed by atoms with Crippen molar-refractivity contribution in [1.82, 2.24) is 20.3 Å². The molecule has 1 fully saturated rings. The second-order valence-corrected chi connectivity index (χ2v) is 8.68. The molecule has 0 radical (unpaired) electrons. The summed E-state index contributed by atoms with van der Waals surface area (Å²) in [5, 5.41) is 9.39. The van der Waals surface area contributed by atoms with Gasteiger partial charge in [-0.1, -0.05) is 13.8 Å². The number of piperidine rings is 1. The van der Waals surface area contributed by atoms with Gasteiger partial charge in [0.2, 0.25) is 15.9 Å². The summed E-state index contributed by atoms with van der Waals surface area (Å²) in [4.78, 5) is 16.0. The van der Waals surface area contributed by atoms with E-state index in [-0.39, 0.29) is 23.6 Å². The van der Waals surface area contributed by atoms with Crippen LogP contribution in [0.25, 0.3) is 0 Å². The molecule has 0 aromatic carbocycles. The highest BCUT2D eigenvalue weighted by molar-refractivity contribution is 7.89. The fourth-order valence-electron chi connectivity index (χ4n) is 2.53. The highest BCUT2D eigenvalue weighted by atomic mass is 32.2. The maximum atomic E-state index is 11.9. The molecule has 9 heteroatoms. The number of guanidine groups is 1. The zero-order chi connectivity index (χ0) is 18.9. The van der Waals surface area contributed by atoms with Crippen LogP contribution >= 0.6 is 0 Å². The molecule has 1 amide bonds. The third-order valence-corrected chi connectivity index (χ3v) is 5.98. The van der Waals surface area contributed by atoms with Gasteiger partial charge in [-0.15, -0.1) is 0 Å². The van der Waals surface area contributed by atoms with Crippen molar-refractivity contribution in [3.63, 3.8) is 0 Å². The van der Waals surface area contributed by atoms with Gasteiger partial charge in [-0.05, 0) is 26.7 Å². The van der Waals surface area contributed by atoms with Crippen molar-refractivity contribution < 1.29 is 13.2 Å². The first kappa shape index (κ1) is 21.7. The van der Waals surface area contributed by atoms with Crippen molar-refractivity contribution in [2.75, 3.05) is 38.5 Å². The summed E-state index contributed by atoms with van der Waals surface area (Å²) >= 11 is 0. The van der Waals surface area contributed by atoms with Crippen LogP contribution in [0.4, 0.5) is 0 Å². The second-order valence-electron chi connectivity index (χ2n) is 6.42. The maximum absolute atomic E-state index is 11.9. The largest absolute Gasteiger partial charge is 0.357 e. The Bertz CT molecular complexity index is 540. The molecule has 0 bridgehead atoms. The van der Waals surface area contributed by atoms with Crippen molar-refractivity contribution in [2.45, 2.75) is 46.6 Å². The molecule has 1 rings (SSSR count). The van der Waals surface area contributed by atoms with E-state index in [0.29, 0.717) is 32.1 Å². The molecular weight excluding hydrogens is 342 g/mol.